The smallest absolute Gasteiger partial charge is 0.353 e. The van der Waals surface area contributed by atoms with Gasteiger partial charge in [0.25, 0.3) is 0 Å². The Morgan fingerprint density at radius 1 is 1.03 bits per heavy atom. The molecule has 0 unspecified atom stereocenters. The number of ether oxygens (including phenoxy) is 4. The Hall–Kier alpha value is -3.58. The van der Waals surface area contributed by atoms with Gasteiger partial charge in [0, 0.05) is 11.6 Å². The molecule has 0 atom stereocenters. The second kappa shape index (κ2) is 7.81. The Balaban J connectivity index is 1.60. The van der Waals surface area contributed by atoms with Crippen LogP contribution in [-0.4, -0.2) is 26.0 Å². The first-order chi connectivity index (χ1) is 14.1. The minimum absolute atomic E-state index is 0.147. The number of thiophene rings is 1. The number of fused-ring (bicyclic) bond motifs is 1. The van der Waals surface area contributed by atoms with Gasteiger partial charge in [-0.3, -0.25) is 4.79 Å². The van der Waals surface area contributed by atoms with Crippen LogP contribution in [-0.2, 0) is 0 Å². The van der Waals surface area contributed by atoms with Crippen LogP contribution < -0.4 is 18.9 Å². The molecule has 2 aromatic carbocycles. The van der Waals surface area contributed by atoms with E-state index in [1.807, 2.05) is 0 Å². The standard InChI is InChI=1S/C22H16O6S/c1-25-14-6-8-17(26-2)13(10-14)11-19-21(23)16-7-5-15(12-18(16)28-19)27-22(24)20-4-3-9-29-20/h3-12H,1-2H3/b19-11+. The molecular weight excluding hydrogens is 392 g/mol. The number of benzene rings is 2. The van der Waals surface area contributed by atoms with Gasteiger partial charge in [0.1, 0.15) is 27.9 Å². The van der Waals surface area contributed by atoms with Crippen molar-refractivity contribution in [3.63, 3.8) is 0 Å². The molecule has 0 amide bonds. The van der Waals surface area contributed by atoms with Crippen LogP contribution in [0.25, 0.3) is 6.08 Å². The Labute approximate surface area is 170 Å². The van der Waals surface area contributed by atoms with E-state index in [4.69, 9.17) is 18.9 Å². The van der Waals surface area contributed by atoms with E-state index < -0.39 is 5.97 Å². The van der Waals surface area contributed by atoms with Crippen LogP contribution in [0.1, 0.15) is 25.6 Å². The maximum absolute atomic E-state index is 12.7. The predicted molar refractivity (Wildman–Crippen MR) is 108 cm³/mol. The normalized spacial score (nSPS) is 13.7. The summed E-state index contributed by atoms with van der Waals surface area (Å²) in [7, 11) is 3.11. The third kappa shape index (κ3) is 3.72. The van der Waals surface area contributed by atoms with E-state index in [9.17, 15) is 9.59 Å². The highest BCUT2D eigenvalue weighted by molar-refractivity contribution is 7.12. The summed E-state index contributed by atoms with van der Waals surface area (Å²) in [5.74, 6) is 1.27. The molecule has 1 aliphatic rings. The Kier molecular flexibility index (Phi) is 5.05. The SMILES string of the molecule is COc1ccc(OC)c(/C=C2/Oc3cc(OC(=O)c4cccs4)ccc3C2=O)c1. The number of allylic oxidation sites excluding steroid dienone is 1. The van der Waals surface area contributed by atoms with E-state index in [2.05, 4.69) is 0 Å². The molecule has 0 aliphatic carbocycles. The van der Waals surface area contributed by atoms with Crippen molar-refractivity contribution in [2.24, 2.45) is 0 Å². The topological polar surface area (TPSA) is 71.1 Å². The van der Waals surface area contributed by atoms with Crippen molar-refractivity contribution in [3.8, 4) is 23.0 Å². The summed E-state index contributed by atoms with van der Waals surface area (Å²) in [5, 5.41) is 1.80. The fraction of sp³-hybridized carbons (Fsp3) is 0.0909. The molecule has 7 heteroatoms. The Bertz CT molecular complexity index is 1110. The molecule has 1 aliphatic heterocycles. The minimum Gasteiger partial charge on any atom is -0.497 e. The van der Waals surface area contributed by atoms with Crippen molar-refractivity contribution in [2.75, 3.05) is 14.2 Å². The number of hydrogen-bond acceptors (Lipinski definition) is 7. The molecule has 3 aromatic rings. The maximum Gasteiger partial charge on any atom is 0.353 e. The molecule has 0 fully saturated rings. The molecule has 146 valence electrons. The van der Waals surface area contributed by atoms with Crippen LogP contribution in [0.5, 0.6) is 23.0 Å². The average molecular weight is 408 g/mol. The zero-order valence-electron chi connectivity index (χ0n) is 15.6. The van der Waals surface area contributed by atoms with Crippen LogP contribution in [0.4, 0.5) is 0 Å². The monoisotopic (exact) mass is 408 g/mol. The maximum atomic E-state index is 12.7. The summed E-state index contributed by atoms with van der Waals surface area (Å²) >= 11 is 1.29. The number of ketones is 1. The third-order valence-electron chi connectivity index (χ3n) is 4.30. The van der Waals surface area contributed by atoms with Gasteiger partial charge in [-0.25, -0.2) is 4.79 Å². The molecule has 0 radical (unpaired) electrons. The number of carbonyl (C=O) groups excluding carboxylic acids is 2. The lowest BCUT2D eigenvalue weighted by atomic mass is 10.1. The fourth-order valence-corrected chi connectivity index (χ4v) is 3.47. The summed E-state index contributed by atoms with van der Waals surface area (Å²) in [5.41, 5.74) is 1.04. The van der Waals surface area contributed by atoms with E-state index in [1.54, 1.807) is 68.1 Å². The highest BCUT2D eigenvalue weighted by Gasteiger charge is 2.28. The quantitative estimate of drug-likeness (QED) is 0.349. The molecule has 4 rings (SSSR count). The largest absolute Gasteiger partial charge is 0.497 e. The first-order valence-corrected chi connectivity index (χ1v) is 9.53. The van der Waals surface area contributed by atoms with Gasteiger partial charge in [0.15, 0.2) is 5.76 Å². The Morgan fingerprint density at radius 2 is 1.86 bits per heavy atom. The van der Waals surface area contributed by atoms with E-state index >= 15 is 0 Å². The minimum atomic E-state index is -0.457. The summed E-state index contributed by atoms with van der Waals surface area (Å²) in [6, 6.07) is 13.4. The second-order valence-corrected chi connectivity index (χ2v) is 7.02. The zero-order valence-corrected chi connectivity index (χ0v) is 16.4. The van der Waals surface area contributed by atoms with E-state index in [0.717, 1.165) is 0 Å². The van der Waals surface area contributed by atoms with Crippen LogP contribution >= 0.6 is 11.3 Å². The van der Waals surface area contributed by atoms with Crippen molar-refractivity contribution in [1.82, 2.24) is 0 Å². The number of Topliss-reactive ketones (excluding diaryl/α,β-unsaturated/α-hetero) is 1. The summed E-state index contributed by atoms with van der Waals surface area (Å²) in [6.07, 6.45) is 1.60. The van der Waals surface area contributed by atoms with Gasteiger partial charge in [0.05, 0.1) is 19.8 Å². The molecule has 0 bridgehead atoms. The van der Waals surface area contributed by atoms with Gasteiger partial charge in [-0.05, 0) is 47.9 Å². The average Bonchev–Trinajstić information content (AvgIpc) is 3.37. The fourth-order valence-electron chi connectivity index (χ4n) is 2.88. The second-order valence-electron chi connectivity index (χ2n) is 6.07. The molecule has 0 spiro atoms. The van der Waals surface area contributed by atoms with Crippen molar-refractivity contribution in [2.45, 2.75) is 0 Å². The molecule has 0 N–H and O–H groups in total. The van der Waals surface area contributed by atoms with Gasteiger partial charge in [-0.2, -0.15) is 0 Å². The van der Waals surface area contributed by atoms with E-state index in [-0.39, 0.29) is 11.5 Å². The lowest BCUT2D eigenvalue weighted by Gasteiger charge is -2.08. The predicted octanol–water partition coefficient (Wildman–Crippen LogP) is 4.60. The first-order valence-electron chi connectivity index (χ1n) is 8.65. The summed E-state index contributed by atoms with van der Waals surface area (Å²) in [6.45, 7) is 0. The van der Waals surface area contributed by atoms with E-state index in [0.29, 0.717) is 39.0 Å². The number of methoxy groups -OCH3 is 2. The van der Waals surface area contributed by atoms with Gasteiger partial charge in [-0.1, -0.05) is 6.07 Å². The van der Waals surface area contributed by atoms with Crippen molar-refractivity contribution >= 4 is 29.2 Å². The lowest BCUT2D eigenvalue weighted by Crippen LogP contribution is -2.06. The molecule has 29 heavy (non-hydrogen) atoms. The number of esters is 1. The Morgan fingerprint density at radius 3 is 2.59 bits per heavy atom. The van der Waals surface area contributed by atoms with Crippen molar-refractivity contribution < 1.29 is 28.5 Å². The summed E-state index contributed by atoms with van der Waals surface area (Å²) < 4.78 is 21.7. The molecule has 0 saturated heterocycles. The van der Waals surface area contributed by atoms with Crippen LogP contribution in [0, 0.1) is 0 Å². The molecular formula is C22H16O6S. The van der Waals surface area contributed by atoms with Gasteiger partial charge in [-0.15, -0.1) is 11.3 Å². The molecule has 0 saturated carbocycles. The molecule has 1 aromatic heterocycles. The third-order valence-corrected chi connectivity index (χ3v) is 5.15. The van der Waals surface area contributed by atoms with Gasteiger partial charge in [0.2, 0.25) is 5.78 Å². The van der Waals surface area contributed by atoms with Crippen LogP contribution in [0.3, 0.4) is 0 Å². The number of hydrogen-bond donors (Lipinski definition) is 0. The van der Waals surface area contributed by atoms with E-state index in [1.165, 1.54) is 17.4 Å². The summed E-state index contributed by atoms with van der Waals surface area (Å²) in [4.78, 5) is 25.3. The van der Waals surface area contributed by atoms with Crippen LogP contribution in [0.15, 0.2) is 59.7 Å². The first kappa shape index (κ1) is 18.8. The molecule has 6 nitrogen and oxygen atoms in total. The van der Waals surface area contributed by atoms with Crippen molar-refractivity contribution in [1.29, 1.82) is 0 Å². The van der Waals surface area contributed by atoms with Gasteiger partial charge >= 0.3 is 5.97 Å². The van der Waals surface area contributed by atoms with Crippen LogP contribution in [0.2, 0.25) is 0 Å². The highest BCUT2D eigenvalue weighted by atomic mass is 32.1. The lowest BCUT2D eigenvalue weighted by molar-refractivity contribution is 0.0739. The highest BCUT2D eigenvalue weighted by Crippen LogP contribution is 2.36. The zero-order chi connectivity index (χ0) is 20.4. The van der Waals surface area contributed by atoms with Gasteiger partial charge < -0.3 is 18.9 Å². The van der Waals surface area contributed by atoms with Crippen molar-refractivity contribution in [3.05, 3.63) is 75.7 Å². The number of carbonyl (C=O) groups is 2. The molecule has 2 heterocycles. The number of rotatable bonds is 5.